The van der Waals surface area contributed by atoms with Crippen LogP contribution in [0.25, 0.3) is 0 Å². The molecule has 1 fully saturated rings. The number of aliphatic hydroxyl groups excluding tert-OH is 1. The van der Waals surface area contributed by atoms with E-state index in [-0.39, 0.29) is 5.75 Å². The fraction of sp³-hybridized carbons (Fsp3) is 0.714. The topological polar surface area (TPSA) is 135 Å². The summed E-state index contributed by atoms with van der Waals surface area (Å²) in [6.45, 7) is 3.13. The molecule has 0 saturated carbocycles. The number of amides is 1. The third-order valence-electron chi connectivity index (χ3n) is 3.11. The van der Waals surface area contributed by atoms with Gasteiger partial charge in [0, 0.05) is 20.8 Å². The molecule has 0 radical (unpaired) electrons. The maximum atomic E-state index is 11.5. The van der Waals surface area contributed by atoms with Crippen molar-refractivity contribution < 1.29 is 33.7 Å². The molecule has 1 aliphatic heterocycles. The lowest BCUT2D eigenvalue weighted by atomic mass is 9.97. The first kappa shape index (κ1) is 20.2. The Kier molecular flexibility index (Phi) is 7.97. The summed E-state index contributed by atoms with van der Waals surface area (Å²) in [7, 11) is 0. The zero-order chi connectivity index (χ0) is 18.3. The molecule has 1 aliphatic rings. The number of esters is 2. The van der Waals surface area contributed by atoms with Crippen LogP contribution in [0, 0.1) is 11.3 Å². The lowest BCUT2D eigenvalue weighted by Gasteiger charge is -2.44. The summed E-state index contributed by atoms with van der Waals surface area (Å²) in [6.07, 6.45) is -3.11. The molecule has 9 nitrogen and oxygen atoms in total. The van der Waals surface area contributed by atoms with Crippen molar-refractivity contribution in [3.8, 4) is 6.07 Å². The van der Waals surface area contributed by atoms with Crippen LogP contribution in [-0.2, 0) is 28.6 Å². The third kappa shape index (κ3) is 5.67. The second-order valence-electron chi connectivity index (χ2n) is 5.07. The summed E-state index contributed by atoms with van der Waals surface area (Å²) in [5.41, 5.74) is -0.762. The molecule has 24 heavy (non-hydrogen) atoms. The number of nitriles is 1. The minimum absolute atomic E-state index is 0.0594. The largest absolute Gasteiger partial charge is 0.456 e. The molecule has 0 aromatic carbocycles. The Labute approximate surface area is 143 Å². The van der Waals surface area contributed by atoms with Crippen molar-refractivity contribution in [1.82, 2.24) is 5.32 Å². The Morgan fingerprint density at radius 1 is 1.21 bits per heavy atom. The Hall–Kier alpha value is -1.83. The van der Waals surface area contributed by atoms with Crippen LogP contribution >= 0.6 is 11.8 Å². The highest BCUT2D eigenvalue weighted by molar-refractivity contribution is 8.00. The first-order valence-electron chi connectivity index (χ1n) is 7.16. The van der Waals surface area contributed by atoms with Gasteiger partial charge < -0.3 is 24.6 Å². The molecule has 1 rings (SSSR count). The van der Waals surface area contributed by atoms with E-state index in [4.69, 9.17) is 19.5 Å². The predicted octanol–water partition coefficient (Wildman–Crippen LogP) is -0.672. The molecule has 134 valence electrons. The van der Waals surface area contributed by atoms with Crippen molar-refractivity contribution >= 4 is 29.6 Å². The zero-order valence-electron chi connectivity index (χ0n) is 13.6. The van der Waals surface area contributed by atoms with Gasteiger partial charge in [-0.25, -0.2) is 0 Å². The Bertz CT molecular complexity index is 522. The molecule has 1 saturated heterocycles. The number of nitrogens with one attached hydrogen (secondary N) is 1. The molecule has 0 aromatic rings. The maximum Gasteiger partial charge on any atom is 0.303 e. The number of ether oxygens (including phenoxy) is 3. The fourth-order valence-electron chi connectivity index (χ4n) is 2.37. The van der Waals surface area contributed by atoms with E-state index in [1.54, 1.807) is 0 Å². The zero-order valence-corrected chi connectivity index (χ0v) is 14.4. The van der Waals surface area contributed by atoms with E-state index in [2.05, 4.69) is 5.32 Å². The molecule has 10 heteroatoms. The highest BCUT2D eigenvalue weighted by atomic mass is 32.2. The molecule has 1 amide bonds. The standard InChI is InChI=1S/C14H20N2O7S/c1-7(18)16-11-13(22-9(3)20)12(21-8(2)19)10(6-17)23-14(11)24-5-4-15/h10-14,17H,5-6H2,1-3H3,(H,16,18)/t10?,11?,12-,13-,14+/m1/s1. The minimum atomic E-state index is -1.09. The molecular weight excluding hydrogens is 340 g/mol. The molecule has 2 unspecified atom stereocenters. The average Bonchev–Trinajstić information content (AvgIpc) is 2.48. The predicted molar refractivity (Wildman–Crippen MR) is 82.5 cm³/mol. The van der Waals surface area contributed by atoms with Crippen LogP contribution < -0.4 is 5.32 Å². The quantitative estimate of drug-likeness (QED) is 0.591. The van der Waals surface area contributed by atoms with Crippen molar-refractivity contribution in [3.05, 3.63) is 0 Å². The Balaban J connectivity index is 3.18. The van der Waals surface area contributed by atoms with Gasteiger partial charge in [0.2, 0.25) is 5.91 Å². The molecule has 5 atom stereocenters. The van der Waals surface area contributed by atoms with Crippen LogP contribution in [0.5, 0.6) is 0 Å². The van der Waals surface area contributed by atoms with Crippen LogP contribution in [0.4, 0.5) is 0 Å². The Morgan fingerprint density at radius 3 is 2.25 bits per heavy atom. The van der Waals surface area contributed by atoms with Gasteiger partial charge in [-0.2, -0.15) is 5.26 Å². The fourth-order valence-corrected chi connectivity index (χ4v) is 3.26. The van der Waals surface area contributed by atoms with Gasteiger partial charge in [-0.15, -0.1) is 11.8 Å². The van der Waals surface area contributed by atoms with E-state index in [0.717, 1.165) is 11.8 Å². The van der Waals surface area contributed by atoms with Gasteiger partial charge in [-0.3, -0.25) is 14.4 Å². The molecule has 0 bridgehead atoms. The van der Waals surface area contributed by atoms with E-state index in [1.165, 1.54) is 20.8 Å². The van der Waals surface area contributed by atoms with Crippen molar-refractivity contribution in [2.24, 2.45) is 0 Å². The van der Waals surface area contributed by atoms with Crippen LogP contribution in [-0.4, -0.2) is 65.1 Å². The van der Waals surface area contributed by atoms with Gasteiger partial charge in [-0.1, -0.05) is 0 Å². The summed E-state index contributed by atoms with van der Waals surface area (Å²) >= 11 is 1.08. The summed E-state index contributed by atoms with van der Waals surface area (Å²) in [6, 6.07) is 1.09. The van der Waals surface area contributed by atoms with Crippen molar-refractivity contribution in [1.29, 1.82) is 5.26 Å². The minimum Gasteiger partial charge on any atom is -0.456 e. The summed E-state index contributed by atoms with van der Waals surface area (Å²) < 4.78 is 16.0. The molecule has 0 aromatic heterocycles. The van der Waals surface area contributed by atoms with Gasteiger partial charge in [0.1, 0.15) is 17.6 Å². The van der Waals surface area contributed by atoms with E-state index >= 15 is 0 Å². The number of aliphatic hydroxyl groups is 1. The molecule has 0 aliphatic carbocycles. The van der Waals surface area contributed by atoms with Crippen molar-refractivity contribution in [3.63, 3.8) is 0 Å². The summed E-state index contributed by atoms with van der Waals surface area (Å²) in [4.78, 5) is 34.3. The highest BCUT2D eigenvalue weighted by Crippen LogP contribution is 2.31. The number of hydrogen-bond acceptors (Lipinski definition) is 9. The lowest BCUT2D eigenvalue weighted by Crippen LogP contribution is -2.65. The number of nitrogens with zero attached hydrogens (tertiary/aromatic N) is 1. The second-order valence-corrected chi connectivity index (χ2v) is 6.16. The normalized spacial score (nSPS) is 29.2. The Morgan fingerprint density at radius 2 is 1.79 bits per heavy atom. The molecule has 0 spiro atoms. The van der Waals surface area contributed by atoms with Gasteiger partial charge >= 0.3 is 11.9 Å². The van der Waals surface area contributed by atoms with Gasteiger partial charge in [0.15, 0.2) is 12.2 Å². The van der Waals surface area contributed by atoms with Crippen LogP contribution in [0.2, 0.25) is 0 Å². The average molecular weight is 360 g/mol. The molecular formula is C14H20N2O7S. The third-order valence-corrected chi connectivity index (χ3v) is 4.14. The second kappa shape index (κ2) is 9.46. The summed E-state index contributed by atoms with van der Waals surface area (Å²) in [5.74, 6) is -1.64. The number of thioether (sulfide) groups is 1. The van der Waals surface area contributed by atoms with Gasteiger partial charge in [0.05, 0.1) is 18.4 Å². The first-order chi connectivity index (χ1) is 11.3. The van der Waals surface area contributed by atoms with Crippen LogP contribution in [0.15, 0.2) is 0 Å². The lowest BCUT2D eigenvalue weighted by molar-refractivity contribution is -0.209. The number of hydrogen-bond donors (Lipinski definition) is 2. The molecule has 2 N–H and O–H groups in total. The van der Waals surface area contributed by atoms with E-state index < -0.39 is 54.2 Å². The summed E-state index contributed by atoms with van der Waals surface area (Å²) in [5, 5.41) is 20.9. The number of carbonyl (C=O) groups is 3. The van der Waals surface area contributed by atoms with Crippen molar-refractivity contribution in [2.75, 3.05) is 12.4 Å². The smallest absolute Gasteiger partial charge is 0.303 e. The molecule has 1 heterocycles. The van der Waals surface area contributed by atoms with E-state index in [1.807, 2.05) is 6.07 Å². The van der Waals surface area contributed by atoms with E-state index in [0.29, 0.717) is 0 Å². The maximum absolute atomic E-state index is 11.5. The monoisotopic (exact) mass is 360 g/mol. The van der Waals surface area contributed by atoms with Crippen LogP contribution in [0.1, 0.15) is 20.8 Å². The van der Waals surface area contributed by atoms with Crippen LogP contribution in [0.3, 0.4) is 0 Å². The van der Waals surface area contributed by atoms with Gasteiger partial charge in [-0.05, 0) is 0 Å². The van der Waals surface area contributed by atoms with Crippen molar-refractivity contribution in [2.45, 2.75) is 50.6 Å². The number of rotatable bonds is 6. The SMILES string of the molecule is CC(=O)NC1[C@@H](OC(C)=O)[C@H](OC(C)=O)C(CO)O[C@H]1SCC#N. The first-order valence-corrected chi connectivity index (χ1v) is 8.21. The highest BCUT2D eigenvalue weighted by Gasteiger charge is 2.50. The number of carbonyl (C=O) groups excluding carboxylic acids is 3. The van der Waals surface area contributed by atoms with E-state index in [9.17, 15) is 19.5 Å². The van der Waals surface area contributed by atoms with Gasteiger partial charge in [0.25, 0.3) is 0 Å².